The Bertz CT molecular complexity index is 595. The van der Waals surface area contributed by atoms with Gasteiger partial charge in [-0.05, 0) is 29.3 Å². The number of hydrogen-bond acceptors (Lipinski definition) is 3. The Morgan fingerprint density at radius 2 is 2.05 bits per heavy atom. The van der Waals surface area contributed by atoms with Crippen LogP contribution in [0, 0.1) is 0 Å². The average molecular weight is 254 g/mol. The second-order valence-corrected chi connectivity index (χ2v) is 4.96. The lowest BCUT2D eigenvalue weighted by molar-refractivity contribution is 0.357. The van der Waals surface area contributed by atoms with E-state index < -0.39 is 0 Å². The van der Waals surface area contributed by atoms with Crippen molar-refractivity contribution in [2.45, 2.75) is 13.0 Å². The van der Waals surface area contributed by atoms with Gasteiger partial charge in [-0.25, -0.2) is 0 Å². The van der Waals surface area contributed by atoms with Crippen LogP contribution in [-0.4, -0.2) is 13.7 Å². The molecule has 0 saturated heterocycles. The van der Waals surface area contributed by atoms with E-state index >= 15 is 0 Å². The second-order valence-electron chi connectivity index (χ2n) is 4.96. The Labute approximate surface area is 113 Å². The van der Waals surface area contributed by atoms with Gasteiger partial charge in [0.25, 0.3) is 0 Å². The fourth-order valence-corrected chi connectivity index (χ4v) is 2.53. The predicted molar refractivity (Wildman–Crippen MR) is 78.6 cm³/mol. The van der Waals surface area contributed by atoms with Crippen LogP contribution >= 0.6 is 0 Å². The van der Waals surface area contributed by atoms with Crippen molar-refractivity contribution in [3.05, 3.63) is 53.6 Å². The summed E-state index contributed by atoms with van der Waals surface area (Å²) in [5.74, 6) is 1.03. The lowest BCUT2D eigenvalue weighted by atomic mass is 10.1. The highest BCUT2D eigenvalue weighted by Crippen LogP contribution is 2.28. The molecule has 19 heavy (non-hydrogen) atoms. The first-order chi connectivity index (χ1) is 9.24. The smallest absolute Gasteiger partial charge is 0.122 e. The highest BCUT2D eigenvalue weighted by molar-refractivity contribution is 5.67. The summed E-state index contributed by atoms with van der Waals surface area (Å²) in [4.78, 5) is 2.17. The van der Waals surface area contributed by atoms with Crippen molar-refractivity contribution in [3.63, 3.8) is 0 Å². The number of para-hydroxylation sites is 2. The first-order valence-electron chi connectivity index (χ1n) is 6.54. The highest BCUT2D eigenvalue weighted by Gasteiger charge is 2.13. The number of rotatable bonds is 3. The molecule has 1 heterocycles. The monoisotopic (exact) mass is 254 g/mol. The van der Waals surface area contributed by atoms with Gasteiger partial charge in [-0.3, -0.25) is 0 Å². The summed E-state index contributed by atoms with van der Waals surface area (Å²) in [6.45, 7) is 1.65. The third kappa shape index (κ3) is 2.36. The van der Waals surface area contributed by atoms with E-state index in [9.17, 15) is 0 Å². The summed E-state index contributed by atoms with van der Waals surface area (Å²) >= 11 is 0. The Kier molecular flexibility index (Phi) is 3.03. The maximum Gasteiger partial charge on any atom is 0.122 e. The van der Waals surface area contributed by atoms with Crippen molar-refractivity contribution in [2.24, 2.45) is 0 Å². The lowest BCUT2D eigenvalue weighted by Crippen LogP contribution is -2.17. The molecule has 0 fully saturated rings. The van der Waals surface area contributed by atoms with Gasteiger partial charge in [0, 0.05) is 20.0 Å². The minimum absolute atomic E-state index is 0.806. The molecule has 2 aromatic rings. The fraction of sp³-hybridized carbons (Fsp3) is 0.250. The van der Waals surface area contributed by atoms with Gasteiger partial charge >= 0.3 is 0 Å². The molecule has 3 rings (SSSR count). The predicted octanol–water partition coefficient (Wildman–Crippen LogP) is 2.84. The lowest BCUT2D eigenvalue weighted by Gasteiger charge is -2.21. The summed E-state index contributed by atoms with van der Waals surface area (Å²) in [5, 5.41) is 0. The number of nitrogens with two attached hydrogens (primary N) is 1. The molecule has 1 aliphatic rings. The summed E-state index contributed by atoms with van der Waals surface area (Å²) in [5.41, 5.74) is 10.5. The molecule has 0 atom stereocenters. The molecule has 0 radical (unpaired) electrons. The molecule has 0 amide bonds. The van der Waals surface area contributed by atoms with E-state index in [1.165, 1.54) is 11.1 Å². The minimum atomic E-state index is 0.806. The molecule has 3 nitrogen and oxygen atoms in total. The molecule has 0 bridgehead atoms. The molecule has 0 saturated carbocycles. The Hall–Kier alpha value is -2.16. The molecule has 3 heteroatoms. The standard InChI is InChI=1S/C16H18N2O/c1-18(15-5-3-2-4-14(15)17)11-12-6-7-16-13(10-12)8-9-19-16/h2-7,10H,8-9,11,17H2,1H3. The molecule has 1 aliphatic heterocycles. The maximum absolute atomic E-state index is 6.00. The molecule has 0 aromatic heterocycles. The van der Waals surface area contributed by atoms with Gasteiger partial charge in [-0.15, -0.1) is 0 Å². The Balaban J connectivity index is 1.80. The number of anilines is 2. The quantitative estimate of drug-likeness (QED) is 0.856. The van der Waals surface area contributed by atoms with Gasteiger partial charge in [0.05, 0.1) is 18.0 Å². The summed E-state index contributed by atoms with van der Waals surface area (Å²) in [7, 11) is 2.06. The molecular weight excluding hydrogens is 236 g/mol. The van der Waals surface area contributed by atoms with Crippen molar-refractivity contribution in [1.82, 2.24) is 0 Å². The summed E-state index contributed by atoms with van der Waals surface area (Å²) in [6.07, 6.45) is 1.01. The van der Waals surface area contributed by atoms with Crippen LogP contribution in [0.25, 0.3) is 0 Å². The van der Waals surface area contributed by atoms with Crippen LogP contribution in [0.3, 0.4) is 0 Å². The fourth-order valence-electron chi connectivity index (χ4n) is 2.53. The number of hydrogen-bond donors (Lipinski definition) is 1. The number of ether oxygens (including phenoxy) is 1. The second kappa shape index (κ2) is 4.84. The van der Waals surface area contributed by atoms with Gasteiger partial charge in [-0.2, -0.15) is 0 Å². The zero-order valence-corrected chi connectivity index (χ0v) is 11.1. The molecular formula is C16H18N2O. The van der Waals surface area contributed by atoms with E-state index in [-0.39, 0.29) is 0 Å². The SMILES string of the molecule is CN(Cc1ccc2c(c1)CCO2)c1ccccc1N. The third-order valence-electron chi connectivity index (χ3n) is 3.52. The minimum Gasteiger partial charge on any atom is -0.493 e. The normalized spacial score (nSPS) is 12.9. The molecule has 98 valence electrons. The Morgan fingerprint density at radius 1 is 1.21 bits per heavy atom. The van der Waals surface area contributed by atoms with Crippen LogP contribution in [0.1, 0.15) is 11.1 Å². The maximum atomic E-state index is 6.00. The third-order valence-corrected chi connectivity index (χ3v) is 3.52. The van der Waals surface area contributed by atoms with Crippen molar-refractivity contribution in [1.29, 1.82) is 0 Å². The summed E-state index contributed by atoms with van der Waals surface area (Å²) in [6, 6.07) is 14.4. The molecule has 2 aromatic carbocycles. The van der Waals surface area contributed by atoms with Gasteiger partial charge in [0.15, 0.2) is 0 Å². The largest absolute Gasteiger partial charge is 0.493 e. The molecule has 0 unspecified atom stereocenters. The number of nitrogens with zero attached hydrogens (tertiary/aromatic N) is 1. The molecule has 0 spiro atoms. The van der Waals surface area contributed by atoms with Gasteiger partial charge in [0.2, 0.25) is 0 Å². The van der Waals surface area contributed by atoms with Crippen molar-refractivity contribution in [2.75, 3.05) is 24.3 Å². The number of nitrogen functional groups attached to an aromatic ring is 1. The van der Waals surface area contributed by atoms with E-state index in [1.807, 2.05) is 24.3 Å². The van der Waals surface area contributed by atoms with E-state index in [4.69, 9.17) is 10.5 Å². The van der Waals surface area contributed by atoms with Gasteiger partial charge in [0.1, 0.15) is 5.75 Å². The summed E-state index contributed by atoms with van der Waals surface area (Å²) < 4.78 is 5.53. The van der Waals surface area contributed by atoms with Crippen LogP contribution in [0.5, 0.6) is 5.75 Å². The molecule has 0 aliphatic carbocycles. The van der Waals surface area contributed by atoms with Crippen LogP contribution in [0.15, 0.2) is 42.5 Å². The van der Waals surface area contributed by atoms with E-state index in [0.29, 0.717) is 0 Å². The zero-order valence-electron chi connectivity index (χ0n) is 11.1. The number of benzene rings is 2. The first-order valence-corrected chi connectivity index (χ1v) is 6.54. The number of fused-ring (bicyclic) bond motifs is 1. The van der Waals surface area contributed by atoms with Crippen molar-refractivity contribution in [3.8, 4) is 5.75 Å². The van der Waals surface area contributed by atoms with Gasteiger partial charge < -0.3 is 15.4 Å². The van der Waals surface area contributed by atoms with Crippen LogP contribution < -0.4 is 15.4 Å². The van der Waals surface area contributed by atoms with Crippen molar-refractivity contribution < 1.29 is 4.74 Å². The average Bonchev–Trinajstić information content (AvgIpc) is 2.86. The van der Waals surface area contributed by atoms with Crippen LogP contribution in [0.4, 0.5) is 11.4 Å². The van der Waals surface area contributed by atoms with E-state index in [0.717, 1.165) is 36.7 Å². The van der Waals surface area contributed by atoms with Crippen LogP contribution in [-0.2, 0) is 13.0 Å². The van der Waals surface area contributed by atoms with E-state index in [1.54, 1.807) is 0 Å². The van der Waals surface area contributed by atoms with Gasteiger partial charge in [-0.1, -0.05) is 24.3 Å². The topological polar surface area (TPSA) is 38.5 Å². The Morgan fingerprint density at radius 3 is 2.89 bits per heavy atom. The molecule has 2 N–H and O–H groups in total. The zero-order chi connectivity index (χ0) is 13.2. The van der Waals surface area contributed by atoms with E-state index in [2.05, 4.69) is 30.1 Å². The van der Waals surface area contributed by atoms with Crippen LogP contribution in [0.2, 0.25) is 0 Å². The highest BCUT2D eigenvalue weighted by atomic mass is 16.5. The van der Waals surface area contributed by atoms with Crippen molar-refractivity contribution >= 4 is 11.4 Å². The first kappa shape index (κ1) is 11.9.